The first kappa shape index (κ1) is 22.0. The number of allylic oxidation sites excluding steroid dienone is 1. The summed E-state index contributed by atoms with van der Waals surface area (Å²) in [7, 11) is -3.75. The molecule has 0 fully saturated rings. The van der Waals surface area contributed by atoms with Crippen molar-refractivity contribution in [1.82, 2.24) is 0 Å². The summed E-state index contributed by atoms with van der Waals surface area (Å²) in [5.41, 5.74) is 5.76. The lowest BCUT2D eigenvalue weighted by Gasteiger charge is -2.26. The maximum atomic E-state index is 13.5. The Morgan fingerprint density at radius 2 is 1.56 bits per heavy atom. The van der Waals surface area contributed by atoms with E-state index < -0.39 is 10.0 Å². The Morgan fingerprint density at radius 1 is 0.906 bits per heavy atom. The lowest BCUT2D eigenvalue weighted by molar-refractivity contribution is 0.595. The lowest BCUT2D eigenvalue weighted by atomic mass is 9.77. The average molecular weight is 445 g/mol. The molecule has 4 nitrogen and oxygen atoms in total. The van der Waals surface area contributed by atoms with Crippen molar-refractivity contribution in [3.05, 3.63) is 102 Å². The SMILES string of the molecule is CC1=Nc2ccc(C)cc2[C@@]1(C)C/C=C/N(c1ccccc1)S(=O)(=O)c1ccc(C)cc1. The number of hydrogen-bond donors (Lipinski definition) is 0. The molecule has 164 valence electrons. The molecule has 0 bridgehead atoms. The van der Waals surface area contributed by atoms with Crippen LogP contribution in [0.5, 0.6) is 0 Å². The fraction of sp³-hybridized carbons (Fsp3) is 0.222. The van der Waals surface area contributed by atoms with Gasteiger partial charge in [0.05, 0.1) is 16.3 Å². The van der Waals surface area contributed by atoms with Crippen molar-refractivity contribution in [1.29, 1.82) is 0 Å². The van der Waals surface area contributed by atoms with E-state index in [-0.39, 0.29) is 10.3 Å². The molecule has 1 aliphatic rings. The van der Waals surface area contributed by atoms with Crippen molar-refractivity contribution < 1.29 is 8.42 Å². The molecule has 0 saturated heterocycles. The predicted octanol–water partition coefficient (Wildman–Crippen LogP) is 6.47. The van der Waals surface area contributed by atoms with Crippen molar-refractivity contribution in [3.63, 3.8) is 0 Å². The van der Waals surface area contributed by atoms with Gasteiger partial charge in [0.25, 0.3) is 10.0 Å². The molecule has 0 amide bonds. The maximum Gasteiger partial charge on any atom is 0.268 e. The fourth-order valence-electron chi connectivity index (χ4n) is 4.03. The van der Waals surface area contributed by atoms with E-state index in [0.717, 1.165) is 17.0 Å². The molecule has 3 aromatic carbocycles. The second-order valence-corrected chi connectivity index (χ2v) is 10.4. The van der Waals surface area contributed by atoms with E-state index in [2.05, 4.69) is 32.0 Å². The summed E-state index contributed by atoms with van der Waals surface area (Å²) in [6, 6.07) is 22.4. The molecule has 0 spiro atoms. The Bertz CT molecular complexity index is 1290. The molecule has 4 rings (SSSR count). The van der Waals surface area contributed by atoms with Gasteiger partial charge in [-0.25, -0.2) is 12.7 Å². The molecule has 1 atom stereocenters. The highest BCUT2D eigenvalue weighted by molar-refractivity contribution is 7.93. The summed E-state index contributed by atoms with van der Waals surface area (Å²) in [6.07, 6.45) is 4.26. The second-order valence-electron chi connectivity index (χ2n) is 8.59. The standard InChI is InChI=1S/C27H28N2O2S/c1-20-11-14-24(15-12-20)32(30,31)29(23-9-6-5-7-10-23)18-8-17-27(4)22(3)28-26-16-13-21(2)19-25(26)27/h5-16,18-19H,17H2,1-4H3/b18-8+/t27-/m0/s1. The summed E-state index contributed by atoms with van der Waals surface area (Å²) in [5.74, 6) is 0. The van der Waals surface area contributed by atoms with Gasteiger partial charge in [-0.1, -0.05) is 59.7 Å². The number of hydrogen-bond acceptors (Lipinski definition) is 3. The number of fused-ring (bicyclic) bond motifs is 1. The van der Waals surface area contributed by atoms with Crippen LogP contribution in [0.3, 0.4) is 0 Å². The van der Waals surface area contributed by atoms with Crippen molar-refractivity contribution >= 4 is 27.1 Å². The minimum absolute atomic E-state index is 0.266. The Hall–Kier alpha value is -3.18. The summed E-state index contributed by atoms with van der Waals surface area (Å²) < 4.78 is 28.4. The first-order valence-corrected chi connectivity index (χ1v) is 12.2. The number of nitrogens with zero attached hydrogens (tertiary/aromatic N) is 2. The third-order valence-electron chi connectivity index (χ3n) is 6.19. The fourth-order valence-corrected chi connectivity index (χ4v) is 5.39. The van der Waals surface area contributed by atoms with Gasteiger partial charge >= 0.3 is 0 Å². The van der Waals surface area contributed by atoms with Gasteiger partial charge < -0.3 is 0 Å². The van der Waals surface area contributed by atoms with Gasteiger partial charge in [0.1, 0.15) is 0 Å². The van der Waals surface area contributed by atoms with E-state index in [4.69, 9.17) is 4.99 Å². The molecule has 0 radical (unpaired) electrons. The molecule has 5 heteroatoms. The van der Waals surface area contributed by atoms with Crippen LogP contribution in [0.2, 0.25) is 0 Å². The lowest BCUT2D eigenvalue weighted by Crippen LogP contribution is -2.28. The number of aryl methyl sites for hydroxylation is 2. The molecule has 1 aliphatic heterocycles. The van der Waals surface area contributed by atoms with E-state index in [9.17, 15) is 8.42 Å². The number of rotatable bonds is 6. The Balaban J connectivity index is 1.69. The van der Waals surface area contributed by atoms with Gasteiger partial charge in [-0.05, 0) is 70.0 Å². The van der Waals surface area contributed by atoms with Crippen LogP contribution >= 0.6 is 0 Å². The smallest absolute Gasteiger partial charge is 0.257 e. The van der Waals surface area contributed by atoms with Crippen LogP contribution in [0.4, 0.5) is 11.4 Å². The summed E-state index contributed by atoms with van der Waals surface area (Å²) in [5, 5.41) is 0. The molecule has 0 saturated carbocycles. The Kier molecular flexibility index (Phi) is 5.78. The first-order chi connectivity index (χ1) is 15.2. The van der Waals surface area contributed by atoms with Crippen LogP contribution < -0.4 is 4.31 Å². The van der Waals surface area contributed by atoms with Crippen LogP contribution in [-0.2, 0) is 15.4 Å². The van der Waals surface area contributed by atoms with E-state index in [1.54, 1.807) is 30.5 Å². The highest BCUT2D eigenvalue weighted by Crippen LogP contribution is 2.43. The summed E-state index contributed by atoms with van der Waals surface area (Å²) in [6.45, 7) is 8.23. The topological polar surface area (TPSA) is 49.7 Å². The number of aliphatic imine (C=N–C) groups is 1. The molecule has 3 aromatic rings. The van der Waals surface area contributed by atoms with Gasteiger partial charge in [0, 0.05) is 17.3 Å². The van der Waals surface area contributed by atoms with Crippen molar-refractivity contribution in [3.8, 4) is 0 Å². The number of para-hydroxylation sites is 1. The summed E-state index contributed by atoms with van der Waals surface area (Å²) >= 11 is 0. The van der Waals surface area contributed by atoms with Gasteiger partial charge in [0.15, 0.2) is 0 Å². The third-order valence-corrected chi connectivity index (χ3v) is 7.91. The number of anilines is 1. The van der Waals surface area contributed by atoms with Crippen LogP contribution in [-0.4, -0.2) is 14.1 Å². The maximum absolute atomic E-state index is 13.5. The number of benzene rings is 3. The molecule has 0 aromatic heterocycles. The van der Waals surface area contributed by atoms with Gasteiger partial charge in [-0.3, -0.25) is 4.99 Å². The van der Waals surface area contributed by atoms with Gasteiger partial charge in [-0.2, -0.15) is 0 Å². The average Bonchev–Trinajstić information content (AvgIpc) is 3.02. The highest BCUT2D eigenvalue weighted by Gasteiger charge is 2.36. The third kappa shape index (κ3) is 4.00. The van der Waals surface area contributed by atoms with Crippen LogP contribution in [0.1, 0.15) is 37.0 Å². The predicted molar refractivity (Wildman–Crippen MR) is 132 cm³/mol. The first-order valence-electron chi connectivity index (χ1n) is 10.7. The minimum Gasteiger partial charge on any atom is -0.257 e. The molecule has 0 aliphatic carbocycles. The zero-order valence-corrected chi connectivity index (χ0v) is 19.7. The molecule has 0 N–H and O–H groups in total. The van der Waals surface area contributed by atoms with Crippen LogP contribution in [0.15, 0.2) is 95.0 Å². The second kappa shape index (κ2) is 8.40. The Morgan fingerprint density at radius 3 is 2.25 bits per heavy atom. The molecular formula is C27H28N2O2S. The zero-order valence-electron chi connectivity index (χ0n) is 18.9. The largest absolute Gasteiger partial charge is 0.268 e. The molecular weight excluding hydrogens is 416 g/mol. The molecule has 32 heavy (non-hydrogen) atoms. The Labute approximate surface area is 191 Å². The quantitative estimate of drug-likeness (QED) is 0.438. The molecule has 0 unspecified atom stereocenters. The number of sulfonamides is 1. The van der Waals surface area contributed by atoms with Crippen LogP contribution in [0.25, 0.3) is 0 Å². The van der Waals surface area contributed by atoms with Crippen molar-refractivity contribution in [2.45, 2.75) is 44.4 Å². The molecule has 1 heterocycles. The van der Waals surface area contributed by atoms with Crippen molar-refractivity contribution in [2.24, 2.45) is 4.99 Å². The monoisotopic (exact) mass is 444 g/mol. The minimum atomic E-state index is -3.75. The van der Waals surface area contributed by atoms with Gasteiger partial charge in [-0.15, -0.1) is 0 Å². The van der Waals surface area contributed by atoms with E-state index in [0.29, 0.717) is 12.1 Å². The summed E-state index contributed by atoms with van der Waals surface area (Å²) in [4.78, 5) is 5.02. The normalized spacial score (nSPS) is 17.9. The van der Waals surface area contributed by atoms with Crippen molar-refractivity contribution in [2.75, 3.05) is 4.31 Å². The van der Waals surface area contributed by atoms with Crippen LogP contribution in [0, 0.1) is 13.8 Å². The van der Waals surface area contributed by atoms with Gasteiger partial charge in [0.2, 0.25) is 0 Å². The van der Waals surface area contributed by atoms with E-state index in [1.165, 1.54) is 15.4 Å². The zero-order chi connectivity index (χ0) is 22.9. The highest BCUT2D eigenvalue weighted by atomic mass is 32.2. The van der Waals surface area contributed by atoms with E-state index in [1.807, 2.05) is 50.3 Å². The van der Waals surface area contributed by atoms with E-state index >= 15 is 0 Å².